The zero-order chi connectivity index (χ0) is 12.3. The Balaban J connectivity index is 1.85. The van der Waals surface area contributed by atoms with Crippen LogP contribution in [-0.4, -0.2) is 39.4 Å². The fourth-order valence-corrected chi connectivity index (χ4v) is 2.93. The van der Waals surface area contributed by atoms with E-state index in [1.165, 1.54) is 4.90 Å². The third-order valence-corrected chi connectivity index (χ3v) is 4.21. The number of carboxylic acid groups (broad SMARTS) is 1. The third kappa shape index (κ3) is 3.51. The normalized spacial score (nSPS) is 17.1. The molecule has 6 heteroatoms. The summed E-state index contributed by atoms with van der Waals surface area (Å²) in [6, 6.07) is 3.72. The smallest absolute Gasteiger partial charge is 0.407 e. The van der Waals surface area contributed by atoms with Gasteiger partial charge < -0.3 is 10.0 Å². The Morgan fingerprint density at radius 1 is 1.47 bits per heavy atom. The van der Waals surface area contributed by atoms with Crippen molar-refractivity contribution < 1.29 is 9.90 Å². The number of pyridine rings is 1. The Bertz CT molecular complexity index is 391. The van der Waals surface area contributed by atoms with Gasteiger partial charge in [0.1, 0.15) is 0 Å². The summed E-state index contributed by atoms with van der Waals surface area (Å²) in [5.74, 6) is 0. The molecule has 1 fully saturated rings. The third-order valence-electron chi connectivity index (χ3n) is 2.70. The summed E-state index contributed by atoms with van der Waals surface area (Å²) < 4.78 is 0. The number of rotatable bonds is 2. The van der Waals surface area contributed by atoms with E-state index in [9.17, 15) is 4.79 Å². The Morgan fingerprint density at radius 2 is 2.18 bits per heavy atom. The van der Waals surface area contributed by atoms with Gasteiger partial charge in [-0.05, 0) is 25.0 Å². The van der Waals surface area contributed by atoms with Crippen LogP contribution in [0.4, 0.5) is 4.79 Å². The van der Waals surface area contributed by atoms with Crippen molar-refractivity contribution >= 4 is 29.5 Å². The number of hydrogen-bond acceptors (Lipinski definition) is 3. The molecule has 0 aliphatic carbocycles. The number of amides is 1. The first-order valence-electron chi connectivity index (χ1n) is 5.41. The zero-order valence-corrected chi connectivity index (χ0v) is 10.7. The number of halogens is 1. The van der Waals surface area contributed by atoms with Gasteiger partial charge in [0.15, 0.2) is 0 Å². The predicted molar refractivity (Wildman–Crippen MR) is 67.7 cm³/mol. The lowest BCUT2D eigenvalue weighted by Crippen LogP contribution is -2.38. The molecular weight excluding hydrogens is 260 g/mol. The zero-order valence-electron chi connectivity index (χ0n) is 9.17. The maximum atomic E-state index is 10.7. The number of aromatic nitrogens is 1. The highest BCUT2D eigenvalue weighted by molar-refractivity contribution is 7.99. The molecule has 17 heavy (non-hydrogen) atoms. The molecule has 1 aromatic heterocycles. The molecule has 0 bridgehead atoms. The van der Waals surface area contributed by atoms with Gasteiger partial charge in [-0.3, -0.25) is 0 Å². The van der Waals surface area contributed by atoms with Gasteiger partial charge in [0, 0.05) is 24.5 Å². The molecule has 1 saturated heterocycles. The van der Waals surface area contributed by atoms with E-state index >= 15 is 0 Å². The van der Waals surface area contributed by atoms with Crippen LogP contribution in [0.15, 0.2) is 23.4 Å². The van der Waals surface area contributed by atoms with Crippen molar-refractivity contribution in [2.24, 2.45) is 0 Å². The fraction of sp³-hybridized carbons (Fsp3) is 0.455. The topological polar surface area (TPSA) is 53.4 Å². The minimum absolute atomic E-state index is 0.444. The van der Waals surface area contributed by atoms with E-state index in [4.69, 9.17) is 16.7 Å². The van der Waals surface area contributed by atoms with Gasteiger partial charge in [0.2, 0.25) is 0 Å². The Labute approximate surface area is 109 Å². The van der Waals surface area contributed by atoms with Crippen LogP contribution in [0.2, 0.25) is 5.02 Å². The highest BCUT2D eigenvalue weighted by Crippen LogP contribution is 2.29. The number of carbonyl (C=O) groups is 1. The van der Waals surface area contributed by atoms with Crippen LogP contribution >= 0.6 is 23.4 Å². The van der Waals surface area contributed by atoms with Crippen LogP contribution in [0, 0.1) is 0 Å². The minimum Gasteiger partial charge on any atom is -0.465 e. The molecule has 4 nitrogen and oxygen atoms in total. The van der Waals surface area contributed by atoms with Gasteiger partial charge in [-0.25, -0.2) is 9.78 Å². The van der Waals surface area contributed by atoms with Gasteiger partial charge in [-0.1, -0.05) is 11.6 Å². The quantitative estimate of drug-likeness (QED) is 0.899. The van der Waals surface area contributed by atoms with E-state index in [1.54, 1.807) is 18.0 Å². The van der Waals surface area contributed by atoms with Crippen LogP contribution in [0.25, 0.3) is 0 Å². The summed E-state index contributed by atoms with van der Waals surface area (Å²) in [4.78, 5) is 16.4. The van der Waals surface area contributed by atoms with Crippen LogP contribution in [0.3, 0.4) is 0 Å². The second-order valence-corrected chi connectivity index (χ2v) is 5.66. The highest BCUT2D eigenvalue weighted by Gasteiger charge is 2.23. The first kappa shape index (κ1) is 12.5. The van der Waals surface area contributed by atoms with Crippen molar-refractivity contribution in [3.05, 3.63) is 23.4 Å². The average molecular weight is 273 g/mol. The standard InChI is InChI=1S/C11H13ClN2O2S/c12-8-1-2-10(13-7-8)17-9-3-5-14(6-4-9)11(15)16/h1-2,7,9H,3-6H2,(H,15,16). The summed E-state index contributed by atoms with van der Waals surface area (Å²) >= 11 is 7.46. The van der Waals surface area contributed by atoms with Gasteiger partial charge in [0.25, 0.3) is 0 Å². The number of nitrogens with zero attached hydrogens (tertiary/aromatic N) is 2. The first-order chi connectivity index (χ1) is 8.15. The van der Waals surface area contributed by atoms with Crippen molar-refractivity contribution in [2.45, 2.75) is 23.1 Å². The molecule has 0 saturated carbocycles. The largest absolute Gasteiger partial charge is 0.465 e. The molecule has 0 atom stereocenters. The molecule has 2 rings (SSSR count). The lowest BCUT2D eigenvalue weighted by atomic mass is 10.1. The Kier molecular flexibility index (Phi) is 4.12. The average Bonchev–Trinajstić information content (AvgIpc) is 2.33. The fourth-order valence-electron chi connectivity index (χ4n) is 1.77. The van der Waals surface area contributed by atoms with Crippen LogP contribution in [-0.2, 0) is 0 Å². The van der Waals surface area contributed by atoms with Crippen molar-refractivity contribution in [3.8, 4) is 0 Å². The van der Waals surface area contributed by atoms with E-state index in [2.05, 4.69) is 4.98 Å². The first-order valence-corrected chi connectivity index (χ1v) is 6.67. The van der Waals surface area contributed by atoms with Crippen molar-refractivity contribution in [1.82, 2.24) is 9.88 Å². The van der Waals surface area contributed by atoms with Crippen molar-refractivity contribution in [3.63, 3.8) is 0 Å². The van der Waals surface area contributed by atoms with Gasteiger partial charge in [-0.15, -0.1) is 11.8 Å². The summed E-state index contributed by atoms with van der Waals surface area (Å²) in [6.07, 6.45) is 2.57. The summed E-state index contributed by atoms with van der Waals surface area (Å²) in [5.41, 5.74) is 0. The molecular formula is C11H13ClN2O2S. The molecule has 0 unspecified atom stereocenters. The molecule has 0 spiro atoms. The second kappa shape index (κ2) is 5.60. The summed E-state index contributed by atoms with van der Waals surface area (Å²) in [6.45, 7) is 1.22. The van der Waals surface area contributed by atoms with Crippen LogP contribution < -0.4 is 0 Å². The van der Waals surface area contributed by atoms with Gasteiger partial charge in [-0.2, -0.15) is 0 Å². The molecule has 1 N–H and O–H groups in total. The monoisotopic (exact) mass is 272 g/mol. The van der Waals surface area contributed by atoms with Gasteiger partial charge >= 0.3 is 6.09 Å². The predicted octanol–water partition coefficient (Wildman–Crippen LogP) is 2.97. The summed E-state index contributed by atoms with van der Waals surface area (Å²) in [7, 11) is 0. The molecule has 1 aliphatic rings. The molecule has 1 aliphatic heterocycles. The summed E-state index contributed by atoms with van der Waals surface area (Å²) in [5, 5.41) is 10.9. The lowest BCUT2D eigenvalue weighted by molar-refractivity contribution is 0.136. The van der Waals surface area contributed by atoms with E-state index in [-0.39, 0.29) is 0 Å². The van der Waals surface area contributed by atoms with E-state index < -0.39 is 6.09 Å². The number of piperidine rings is 1. The molecule has 1 amide bonds. The van der Waals surface area contributed by atoms with E-state index in [0.29, 0.717) is 23.4 Å². The SMILES string of the molecule is O=C(O)N1CCC(Sc2ccc(Cl)cn2)CC1. The number of thioether (sulfide) groups is 1. The lowest BCUT2D eigenvalue weighted by Gasteiger charge is -2.29. The molecule has 0 aromatic carbocycles. The van der Waals surface area contributed by atoms with Gasteiger partial charge in [0.05, 0.1) is 10.0 Å². The van der Waals surface area contributed by atoms with E-state index in [0.717, 1.165) is 17.9 Å². The van der Waals surface area contributed by atoms with Crippen molar-refractivity contribution in [2.75, 3.05) is 13.1 Å². The maximum Gasteiger partial charge on any atom is 0.407 e. The molecule has 1 aromatic rings. The molecule has 92 valence electrons. The Morgan fingerprint density at radius 3 is 2.71 bits per heavy atom. The van der Waals surface area contributed by atoms with Crippen LogP contribution in [0.1, 0.15) is 12.8 Å². The number of hydrogen-bond donors (Lipinski definition) is 1. The second-order valence-electron chi connectivity index (χ2n) is 3.90. The molecule has 2 heterocycles. The van der Waals surface area contributed by atoms with Crippen molar-refractivity contribution in [1.29, 1.82) is 0 Å². The Hall–Kier alpha value is -0.940. The number of likely N-dealkylation sites (tertiary alicyclic amines) is 1. The van der Waals surface area contributed by atoms with E-state index in [1.807, 2.05) is 12.1 Å². The maximum absolute atomic E-state index is 10.7. The highest BCUT2D eigenvalue weighted by atomic mass is 35.5. The molecule has 0 radical (unpaired) electrons. The minimum atomic E-state index is -0.821. The van der Waals surface area contributed by atoms with Crippen LogP contribution in [0.5, 0.6) is 0 Å².